The van der Waals surface area contributed by atoms with Crippen LogP contribution in [0, 0.1) is 51.4 Å². The van der Waals surface area contributed by atoms with Gasteiger partial charge in [0.15, 0.2) is 0 Å². The molecule has 2 unspecified atom stereocenters. The molecule has 0 bridgehead atoms. The first kappa shape index (κ1) is 24.9. The Kier molecular flexibility index (Phi) is 13.9. The molecule has 1 aromatic heterocycles. The number of pyridine rings is 1. The van der Waals surface area contributed by atoms with E-state index in [1.54, 1.807) is 0 Å². The lowest BCUT2D eigenvalue weighted by molar-refractivity contribution is 0.555. The van der Waals surface area contributed by atoms with Crippen LogP contribution in [0.25, 0.3) is 0 Å². The van der Waals surface area contributed by atoms with Crippen molar-refractivity contribution in [1.29, 1.82) is 0 Å². The zero-order valence-corrected chi connectivity index (χ0v) is 18.8. The molecule has 0 N–H and O–H groups in total. The van der Waals surface area contributed by atoms with E-state index in [9.17, 15) is 0 Å². The highest BCUT2D eigenvalue weighted by Gasteiger charge is 2.15. The molecule has 3 rings (SSSR count). The average Bonchev–Trinajstić information content (AvgIpc) is 3.04. The van der Waals surface area contributed by atoms with Crippen molar-refractivity contribution in [3.63, 3.8) is 0 Å². The molecule has 27 heavy (non-hydrogen) atoms. The van der Waals surface area contributed by atoms with E-state index in [4.69, 9.17) is 0 Å². The minimum absolute atomic E-state index is 1.02. The average molecular weight is 366 g/mol. The van der Waals surface area contributed by atoms with Crippen LogP contribution in [-0.4, -0.2) is 4.98 Å². The number of hydrogen-bond acceptors (Lipinski definition) is 1. The van der Waals surface area contributed by atoms with Crippen molar-refractivity contribution < 1.29 is 0 Å². The van der Waals surface area contributed by atoms with E-state index in [1.807, 2.05) is 40.0 Å². The number of hydrogen-bond donors (Lipinski definition) is 0. The van der Waals surface area contributed by atoms with Crippen molar-refractivity contribution >= 4 is 0 Å². The zero-order chi connectivity index (χ0) is 20.7. The Balaban J connectivity index is 0.000000344. The van der Waals surface area contributed by atoms with E-state index in [1.165, 1.54) is 36.0 Å². The normalized spacial score (nSPS) is 16.9. The fourth-order valence-corrected chi connectivity index (χ4v) is 2.67. The lowest BCUT2D eigenvalue weighted by Crippen LogP contribution is -1.84. The Morgan fingerprint density at radius 2 is 1.11 bits per heavy atom. The van der Waals surface area contributed by atoms with Gasteiger partial charge in [-0.05, 0) is 71.4 Å². The van der Waals surface area contributed by atoms with E-state index < -0.39 is 0 Å². The molecule has 0 spiro atoms. The van der Waals surface area contributed by atoms with Crippen LogP contribution in [0.3, 0.4) is 0 Å². The molecule has 1 aliphatic carbocycles. The molecule has 1 fully saturated rings. The highest BCUT2D eigenvalue weighted by molar-refractivity contribution is 5.19. The summed E-state index contributed by atoms with van der Waals surface area (Å²) in [7, 11) is 0. The summed E-state index contributed by atoms with van der Waals surface area (Å²) in [6, 6.07) is 12.5. The molecule has 2 aromatic rings. The quantitative estimate of drug-likeness (QED) is 0.441. The van der Waals surface area contributed by atoms with Gasteiger partial charge in [0, 0.05) is 11.9 Å². The van der Waals surface area contributed by atoms with Gasteiger partial charge >= 0.3 is 0 Å². The molecule has 1 saturated carbocycles. The Morgan fingerprint density at radius 1 is 0.704 bits per heavy atom. The van der Waals surface area contributed by atoms with Crippen LogP contribution in [0.1, 0.15) is 69.3 Å². The molecule has 1 heterocycles. The lowest BCUT2D eigenvalue weighted by Gasteiger charge is -1.96. The smallest absolute Gasteiger partial charge is 0.0372 e. The number of nitrogens with zero attached hydrogens (tertiary/aromatic N) is 1. The maximum absolute atomic E-state index is 4.08. The van der Waals surface area contributed by atoms with Crippen LogP contribution in [0.5, 0.6) is 0 Å². The minimum atomic E-state index is 1.02. The molecule has 1 nitrogen and oxygen atoms in total. The van der Waals surface area contributed by atoms with Crippen LogP contribution in [0.4, 0.5) is 0 Å². The second kappa shape index (κ2) is 15.0. The Hall–Kier alpha value is -2.07. The van der Waals surface area contributed by atoms with E-state index in [0.717, 1.165) is 17.5 Å². The van der Waals surface area contributed by atoms with Gasteiger partial charge in [0.05, 0.1) is 0 Å². The van der Waals surface area contributed by atoms with Gasteiger partial charge in [-0.15, -0.1) is 11.8 Å². The molecule has 1 heteroatoms. The predicted octanol–water partition coefficient (Wildman–Crippen LogP) is 7.47. The second-order valence-corrected chi connectivity index (χ2v) is 7.66. The van der Waals surface area contributed by atoms with Gasteiger partial charge < -0.3 is 0 Å². The van der Waals surface area contributed by atoms with Gasteiger partial charge in [-0.1, -0.05) is 68.1 Å². The summed E-state index contributed by atoms with van der Waals surface area (Å²) in [5.41, 5.74) is 4.96. The highest BCUT2D eigenvalue weighted by atomic mass is 14.6. The van der Waals surface area contributed by atoms with Crippen molar-refractivity contribution in [2.75, 3.05) is 0 Å². The van der Waals surface area contributed by atoms with E-state index in [-0.39, 0.29) is 0 Å². The first-order valence-corrected chi connectivity index (χ1v) is 10.0. The van der Waals surface area contributed by atoms with Crippen LogP contribution < -0.4 is 0 Å². The van der Waals surface area contributed by atoms with Crippen molar-refractivity contribution in [3.05, 3.63) is 65.0 Å². The molecule has 0 aliphatic heterocycles. The summed E-state index contributed by atoms with van der Waals surface area (Å²) in [6.45, 7) is 16.6. The number of aromatic nitrogens is 1. The van der Waals surface area contributed by atoms with Crippen LogP contribution in [0.2, 0.25) is 0 Å². The maximum atomic E-state index is 4.08. The van der Waals surface area contributed by atoms with Gasteiger partial charge in [0.2, 0.25) is 0 Å². The lowest BCUT2D eigenvalue weighted by atomic mass is 10.1. The monoisotopic (exact) mass is 365 g/mol. The Labute approximate surface area is 168 Å². The molecular formula is C26H39N. The van der Waals surface area contributed by atoms with Gasteiger partial charge in [0.25, 0.3) is 0 Å². The first-order chi connectivity index (χ1) is 12.8. The molecule has 2 atom stereocenters. The minimum Gasteiger partial charge on any atom is -0.261 e. The maximum Gasteiger partial charge on any atom is 0.0372 e. The molecule has 0 radical (unpaired) electrons. The zero-order valence-electron chi connectivity index (χ0n) is 18.8. The summed E-state index contributed by atoms with van der Waals surface area (Å²) in [5.74, 6) is 7.41. The summed E-state index contributed by atoms with van der Waals surface area (Å²) >= 11 is 0. The number of benzene rings is 1. The topological polar surface area (TPSA) is 12.9 Å². The van der Waals surface area contributed by atoms with E-state index in [0.29, 0.717) is 0 Å². The van der Waals surface area contributed by atoms with Gasteiger partial charge in [-0.3, -0.25) is 4.98 Å². The van der Waals surface area contributed by atoms with Crippen LogP contribution in [0.15, 0.2) is 42.6 Å². The fraction of sp³-hybridized carbons (Fsp3) is 0.500. The SMILES string of the molecule is CC#CC.CC1CCC(C)C1.Cc1ccc(C)cc1.Cc1ccc(C)nc1. The van der Waals surface area contributed by atoms with Gasteiger partial charge in [-0.25, -0.2) is 0 Å². The third-order valence-electron chi connectivity index (χ3n) is 4.48. The number of rotatable bonds is 0. The molecular weight excluding hydrogens is 326 g/mol. The molecule has 1 aliphatic rings. The van der Waals surface area contributed by atoms with Crippen molar-refractivity contribution in [2.45, 2.75) is 74.7 Å². The predicted molar refractivity (Wildman–Crippen MR) is 121 cm³/mol. The van der Waals surface area contributed by atoms with Gasteiger partial charge in [-0.2, -0.15) is 0 Å². The number of aryl methyl sites for hydroxylation is 4. The summed E-state index contributed by atoms with van der Waals surface area (Å²) in [4.78, 5) is 4.08. The second-order valence-electron chi connectivity index (χ2n) is 7.66. The summed E-state index contributed by atoms with van der Waals surface area (Å²) < 4.78 is 0. The third-order valence-corrected chi connectivity index (χ3v) is 4.48. The first-order valence-electron chi connectivity index (χ1n) is 10.0. The third kappa shape index (κ3) is 14.8. The van der Waals surface area contributed by atoms with Crippen LogP contribution >= 0.6 is 0 Å². The van der Waals surface area contributed by atoms with Crippen molar-refractivity contribution in [3.8, 4) is 11.8 Å². The molecule has 148 valence electrons. The van der Waals surface area contributed by atoms with E-state index in [2.05, 4.69) is 74.9 Å². The summed E-state index contributed by atoms with van der Waals surface area (Å²) in [6.07, 6.45) is 6.29. The molecule has 1 aromatic carbocycles. The van der Waals surface area contributed by atoms with E-state index >= 15 is 0 Å². The summed E-state index contributed by atoms with van der Waals surface area (Å²) in [5, 5.41) is 0. The fourth-order valence-electron chi connectivity index (χ4n) is 2.67. The molecule has 0 amide bonds. The van der Waals surface area contributed by atoms with Crippen molar-refractivity contribution in [1.82, 2.24) is 4.98 Å². The van der Waals surface area contributed by atoms with Crippen molar-refractivity contribution in [2.24, 2.45) is 11.8 Å². The Bertz CT molecular complexity index is 557. The largest absolute Gasteiger partial charge is 0.261 e. The van der Waals surface area contributed by atoms with Crippen LogP contribution in [-0.2, 0) is 0 Å². The highest BCUT2D eigenvalue weighted by Crippen LogP contribution is 2.29. The van der Waals surface area contributed by atoms with Gasteiger partial charge in [0.1, 0.15) is 0 Å². The standard InChI is InChI=1S/C8H10.C7H9N.C7H14.C4H6/c1-7-3-5-8(2)6-4-7;1-6-3-4-7(2)8-5-6;1-6-3-4-7(2)5-6;1-3-4-2/h3-6H,1-2H3;3-5H,1-2H3;6-7H,3-5H2,1-2H3;1-2H3. The Morgan fingerprint density at radius 3 is 1.33 bits per heavy atom. The molecule has 0 saturated heterocycles.